The first-order chi connectivity index (χ1) is 10.5. The molecule has 1 aromatic heterocycles. The molecule has 0 radical (unpaired) electrons. The number of aromatic nitrogens is 1. The van der Waals surface area contributed by atoms with Crippen molar-refractivity contribution in [1.29, 1.82) is 0 Å². The molecule has 0 bridgehead atoms. The average Bonchev–Trinajstić information content (AvgIpc) is 2.49. The van der Waals surface area contributed by atoms with Gasteiger partial charge in [-0.2, -0.15) is 0 Å². The predicted molar refractivity (Wildman–Crippen MR) is 84.6 cm³/mol. The summed E-state index contributed by atoms with van der Waals surface area (Å²) in [4.78, 5) is 35.8. The zero-order valence-corrected chi connectivity index (χ0v) is 13.1. The Kier molecular flexibility index (Phi) is 5.00. The summed E-state index contributed by atoms with van der Waals surface area (Å²) in [6, 6.07) is 3.03. The Bertz CT molecular complexity index is 615. The Hall–Kier alpha value is -2.11. The number of aryl methyl sites for hydroxylation is 1. The normalized spacial score (nSPS) is 16.8. The Morgan fingerprint density at radius 2 is 1.91 bits per heavy atom. The van der Waals surface area contributed by atoms with Gasteiger partial charge in [-0.1, -0.05) is 19.3 Å². The zero-order chi connectivity index (χ0) is 16.2. The molecule has 0 spiro atoms. The molecule has 120 valence electrons. The number of carbonyl (C=O) groups is 2. The first-order valence-corrected chi connectivity index (χ1v) is 7.77. The fourth-order valence-electron chi connectivity index (χ4n) is 3.00. The molecule has 0 aliphatic heterocycles. The number of hydrogen-bond donors (Lipinski definition) is 2. The number of pyridine rings is 1. The molecule has 1 aliphatic carbocycles. The summed E-state index contributed by atoms with van der Waals surface area (Å²) in [6.07, 6.45) is 5.84. The van der Waals surface area contributed by atoms with Crippen LogP contribution in [0, 0.1) is 0 Å². The largest absolute Gasteiger partial charge is 0.342 e. The fourth-order valence-corrected chi connectivity index (χ4v) is 3.00. The first kappa shape index (κ1) is 16.3. The van der Waals surface area contributed by atoms with E-state index < -0.39 is 5.54 Å². The Morgan fingerprint density at radius 3 is 2.50 bits per heavy atom. The maximum Gasteiger partial charge on any atom is 0.250 e. The molecule has 1 aliphatic rings. The van der Waals surface area contributed by atoms with Gasteiger partial charge in [-0.05, 0) is 25.8 Å². The van der Waals surface area contributed by atoms with Gasteiger partial charge in [-0.25, -0.2) is 0 Å². The van der Waals surface area contributed by atoms with Gasteiger partial charge in [-0.15, -0.1) is 0 Å². The van der Waals surface area contributed by atoms with Crippen LogP contribution in [0.15, 0.2) is 23.1 Å². The van der Waals surface area contributed by atoms with E-state index in [0.717, 1.165) is 19.3 Å². The molecule has 0 aromatic carbocycles. The second kappa shape index (κ2) is 6.77. The number of rotatable bonds is 4. The topological polar surface area (TPSA) is 80.2 Å². The third-order valence-corrected chi connectivity index (χ3v) is 4.14. The molecular weight excluding hydrogens is 282 g/mol. The van der Waals surface area contributed by atoms with E-state index in [1.165, 1.54) is 17.6 Å². The predicted octanol–water partition coefficient (Wildman–Crippen LogP) is 1.65. The summed E-state index contributed by atoms with van der Waals surface area (Å²) in [5.41, 5.74) is -0.367. The van der Waals surface area contributed by atoms with E-state index in [1.807, 2.05) is 6.92 Å². The van der Waals surface area contributed by atoms with Crippen LogP contribution < -0.4 is 16.2 Å². The van der Waals surface area contributed by atoms with E-state index in [-0.39, 0.29) is 17.4 Å². The molecule has 1 fully saturated rings. The Morgan fingerprint density at radius 1 is 1.23 bits per heavy atom. The van der Waals surface area contributed by atoms with Crippen LogP contribution in [-0.2, 0) is 16.1 Å². The maximum atomic E-state index is 12.7. The van der Waals surface area contributed by atoms with Crippen LogP contribution in [0.2, 0.25) is 0 Å². The summed E-state index contributed by atoms with van der Waals surface area (Å²) in [5, 5.41) is 5.68. The van der Waals surface area contributed by atoms with Crippen molar-refractivity contribution < 1.29 is 9.59 Å². The highest BCUT2D eigenvalue weighted by Crippen LogP contribution is 2.29. The van der Waals surface area contributed by atoms with Crippen LogP contribution in [0.3, 0.4) is 0 Å². The number of carbonyl (C=O) groups excluding carboxylic acids is 2. The van der Waals surface area contributed by atoms with Crippen molar-refractivity contribution in [3.05, 3.63) is 28.7 Å². The molecule has 2 N–H and O–H groups in total. The lowest BCUT2D eigenvalue weighted by molar-refractivity contribution is -0.130. The first-order valence-electron chi connectivity index (χ1n) is 7.77. The molecule has 22 heavy (non-hydrogen) atoms. The van der Waals surface area contributed by atoms with Gasteiger partial charge in [0.05, 0.1) is 5.69 Å². The molecule has 2 amide bonds. The quantitative estimate of drug-likeness (QED) is 0.887. The molecule has 6 heteroatoms. The van der Waals surface area contributed by atoms with Crippen molar-refractivity contribution in [2.75, 3.05) is 5.32 Å². The van der Waals surface area contributed by atoms with Crippen molar-refractivity contribution in [3.8, 4) is 0 Å². The highest BCUT2D eigenvalue weighted by atomic mass is 16.2. The Balaban J connectivity index is 2.20. The summed E-state index contributed by atoms with van der Waals surface area (Å²) in [5.74, 6) is -0.403. The minimum absolute atomic E-state index is 0.102. The highest BCUT2D eigenvalue weighted by molar-refractivity contribution is 6.00. The van der Waals surface area contributed by atoms with Crippen LogP contribution in [0.25, 0.3) is 0 Å². The number of amides is 2. The summed E-state index contributed by atoms with van der Waals surface area (Å²) < 4.78 is 1.53. The molecule has 0 saturated heterocycles. The molecule has 2 rings (SSSR count). The van der Waals surface area contributed by atoms with Gasteiger partial charge in [0, 0.05) is 25.7 Å². The van der Waals surface area contributed by atoms with E-state index in [1.54, 1.807) is 12.3 Å². The van der Waals surface area contributed by atoms with E-state index in [9.17, 15) is 14.4 Å². The fraction of sp³-hybridized carbons (Fsp3) is 0.562. The van der Waals surface area contributed by atoms with Gasteiger partial charge >= 0.3 is 0 Å². The average molecular weight is 305 g/mol. The lowest BCUT2D eigenvalue weighted by Crippen LogP contribution is -2.57. The Labute approximate surface area is 129 Å². The molecular formula is C16H23N3O3. The molecule has 6 nitrogen and oxygen atoms in total. The molecule has 1 saturated carbocycles. The smallest absolute Gasteiger partial charge is 0.250 e. The van der Waals surface area contributed by atoms with Gasteiger partial charge in [0.25, 0.3) is 5.56 Å². The highest BCUT2D eigenvalue weighted by Gasteiger charge is 2.40. The summed E-state index contributed by atoms with van der Waals surface area (Å²) in [7, 11) is 0. The van der Waals surface area contributed by atoms with Gasteiger partial charge in [-0.3, -0.25) is 14.4 Å². The molecule has 1 aromatic rings. The van der Waals surface area contributed by atoms with Gasteiger partial charge in [0.15, 0.2) is 0 Å². The second-order valence-corrected chi connectivity index (χ2v) is 5.82. The van der Waals surface area contributed by atoms with Crippen molar-refractivity contribution >= 4 is 17.5 Å². The lowest BCUT2D eigenvalue weighted by Gasteiger charge is -2.36. The van der Waals surface area contributed by atoms with Gasteiger partial charge in [0.1, 0.15) is 5.54 Å². The zero-order valence-electron chi connectivity index (χ0n) is 13.1. The minimum Gasteiger partial charge on any atom is -0.342 e. The van der Waals surface area contributed by atoms with Crippen molar-refractivity contribution in [3.63, 3.8) is 0 Å². The monoisotopic (exact) mass is 305 g/mol. The van der Waals surface area contributed by atoms with Crippen LogP contribution in [0.1, 0.15) is 46.0 Å². The minimum atomic E-state index is -0.836. The molecule has 1 heterocycles. The van der Waals surface area contributed by atoms with Gasteiger partial charge in [0.2, 0.25) is 11.8 Å². The lowest BCUT2D eigenvalue weighted by atomic mass is 9.80. The molecule has 0 atom stereocenters. The van der Waals surface area contributed by atoms with E-state index in [0.29, 0.717) is 25.1 Å². The third kappa shape index (κ3) is 3.55. The van der Waals surface area contributed by atoms with E-state index in [4.69, 9.17) is 0 Å². The van der Waals surface area contributed by atoms with Crippen LogP contribution >= 0.6 is 0 Å². The summed E-state index contributed by atoms with van der Waals surface area (Å²) in [6.45, 7) is 3.84. The van der Waals surface area contributed by atoms with Crippen LogP contribution in [-0.4, -0.2) is 21.9 Å². The third-order valence-electron chi connectivity index (χ3n) is 4.14. The maximum absolute atomic E-state index is 12.7. The van der Waals surface area contributed by atoms with Crippen molar-refractivity contribution in [2.24, 2.45) is 0 Å². The van der Waals surface area contributed by atoms with Crippen molar-refractivity contribution in [2.45, 2.75) is 58.0 Å². The van der Waals surface area contributed by atoms with Crippen molar-refractivity contribution in [1.82, 2.24) is 9.88 Å². The standard InChI is InChI=1S/C16H23N3O3/c1-3-19-11-13(7-8-14(19)21)17-15(22)16(18-12(2)20)9-5-4-6-10-16/h7-8,11H,3-6,9-10H2,1-2H3,(H,17,22)(H,18,20). The SMILES string of the molecule is CCn1cc(NC(=O)C2(NC(C)=O)CCCCC2)ccc1=O. The number of anilines is 1. The molecule has 0 unspecified atom stereocenters. The number of hydrogen-bond acceptors (Lipinski definition) is 3. The van der Waals surface area contributed by atoms with Crippen LogP contribution in [0.5, 0.6) is 0 Å². The van der Waals surface area contributed by atoms with E-state index in [2.05, 4.69) is 10.6 Å². The van der Waals surface area contributed by atoms with Gasteiger partial charge < -0.3 is 15.2 Å². The van der Waals surface area contributed by atoms with Crippen LogP contribution in [0.4, 0.5) is 5.69 Å². The number of nitrogens with one attached hydrogen (secondary N) is 2. The second-order valence-electron chi connectivity index (χ2n) is 5.82. The summed E-state index contributed by atoms with van der Waals surface area (Å²) >= 11 is 0. The number of nitrogens with zero attached hydrogens (tertiary/aromatic N) is 1. The van der Waals surface area contributed by atoms with E-state index >= 15 is 0 Å².